The van der Waals surface area contributed by atoms with Gasteiger partial charge in [0, 0.05) is 36.4 Å². The van der Waals surface area contributed by atoms with Crippen molar-refractivity contribution >= 4 is 11.4 Å². The van der Waals surface area contributed by atoms with Crippen LogP contribution in [0.15, 0.2) is 18.2 Å². The van der Waals surface area contributed by atoms with E-state index in [-0.39, 0.29) is 16.7 Å². The number of nitro groups is 1. The fourth-order valence-electron chi connectivity index (χ4n) is 2.32. The summed E-state index contributed by atoms with van der Waals surface area (Å²) in [5, 5.41) is 10.9. The molecule has 2 unspecified atom stereocenters. The van der Waals surface area contributed by atoms with E-state index in [4.69, 9.17) is 5.73 Å². The van der Waals surface area contributed by atoms with Crippen molar-refractivity contribution in [1.82, 2.24) is 0 Å². The van der Waals surface area contributed by atoms with Crippen molar-refractivity contribution in [2.24, 2.45) is 11.7 Å². The number of nitrogens with zero attached hydrogens (tertiary/aromatic N) is 2. The third-order valence-electron chi connectivity index (χ3n) is 3.77. The van der Waals surface area contributed by atoms with E-state index >= 15 is 0 Å². The number of hydrogen-bond donors (Lipinski definition) is 1. The Bertz CT molecular complexity index is 462. The quantitative estimate of drug-likeness (QED) is 0.643. The molecule has 5 heteroatoms. The van der Waals surface area contributed by atoms with Gasteiger partial charge >= 0.3 is 0 Å². The lowest BCUT2D eigenvalue weighted by atomic mass is 9.94. The average Bonchev–Trinajstić information content (AvgIpc) is 2.33. The van der Waals surface area contributed by atoms with Gasteiger partial charge in [-0.2, -0.15) is 0 Å². The lowest BCUT2D eigenvalue weighted by Crippen LogP contribution is -2.47. The van der Waals surface area contributed by atoms with Crippen LogP contribution in [0.25, 0.3) is 0 Å². The number of hydrogen-bond acceptors (Lipinski definition) is 4. The normalized spacial score (nSPS) is 24.1. The molecule has 2 rings (SSSR count). The van der Waals surface area contributed by atoms with Crippen molar-refractivity contribution in [2.75, 3.05) is 18.0 Å². The first-order chi connectivity index (χ1) is 8.49. The van der Waals surface area contributed by atoms with Crippen LogP contribution >= 0.6 is 0 Å². The Labute approximate surface area is 107 Å². The van der Waals surface area contributed by atoms with E-state index in [2.05, 4.69) is 11.8 Å². The minimum absolute atomic E-state index is 0.138. The second-order valence-corrected chi connectivity index (χ2v) is 5.10. The average molecular weight is 249 g/mol. The molecule has 2 N–H and O–H groups in total. The van der Waals surface area contributed by atoms with Crippen molar-refractivity contribution in [3.05, 3.63) is 33.9 Å². The van der Waals surface area contributed by atoms with E-state index in [9.17, 15) is 10.1 Å². The van der Waals surface area contributed by atoms with Crippen LogP contribution in [-0.2, 0) is 0 Å². The molecule has 0 amide bonds. The third-order valence-corrected chi connectivity index (χ3v) is 3.77. The van der Waals surface area contributed by atoms with E-state index in [0.29, 0.717) is 11.5 Å². The Morgan fingerprint density at radius 2 is 2.22 bits per heavy atom. The van der Waals surface area contributed by atoms with Gasteiger partial charge in [0.15, 0.2) is 0 Å². The number of anilines is 1. The zero-order chi connectivity index (χ0) is 13.3. The van der Waals surface area contributed by atoms with Crippen molar-refractivity contribution in [1.29, 1.82) is 0 Å². The molecule has 1 aliphatic rings. The van der Waals surface area contributed by atoms with Crippen LogP contribution in [0.1, 0.15) is 18.9 Å². The smallest absolute Gasteiger partial charge is 0.274 e. The monoisotopic (exact) mass is 249 g/mol. The molecule has 2 atom stereocenters. The highest BCUT2D eigenvalue weighted by molar-refractivity contribution is 5.56. The van der Waals surface area contributed by atoms with Crippen molar-refractivity contribution in [3.63, 3.8) is 0 Å². The molecule has 0 spiro atoms. The fourth-order valence-corrected chi connectivity index (χ4v) is 2.32. The summed E-state index contributed by atoms with van der Waals surface area (Å²) in [6.45, 7) is 5.59. The maximum absolute atomic E-state index is 10.9. The Kier molecular flexibility index (Phi) is 3.52. The summed E-state index contributed by atoms with van der Waals surface area (Å²) in [4.78, 5) is 12.7. The number of benzene rings is 1. The maximum Gasteiger partial charge on any atom is 0.274 e. The summed E-state index contributed by atoms with van der Waals surface area (Å²) in [5.74, 6) is 0.515. The second-order valence-electron chi connectivity index (χ2n) is 5.10. The molecule has 1 heterocycles. The van der Waals surface area contributed by atoms with Crippen molar-refractivity contribution in [2.45, 2.75) is 26.3 Å². The van der Waals surface area contributed by atoms with Crippen LogP contribution in [0, 0.1) is 23.0 Å². The van der Waals surface area contributed by atoms with Gasteiger partial charge in [-0.05, 0) is 25.3 Å². The van der Waals surface area contributed by atoms with Crippen LogP contribution in [0.3, 0.4) is 0 Å². The number of rotatable bonds is 2. The maximum atomic E-state index is 10.9. The standard InChI is InChI=1S/C13H19N3O2/c1-9-5-6-15(8-12(9)14)11-4-3-10(2)13(7-11)16(17)18/h3-4,7,9,12H,5-6,8,14H2,1-2H3. The Morgan fingerprint density at radius 1 is 1.50 bits per heavy atom. The molecule has 5 nitrogen and oxygen atoms in total. The SMILES string of the molecule is Cc1ccc(N2CCC(C)C(N)C2)cc1[N+](=O)[O-]. The van der Waals surface area contributed by atoms with E-state index in [1.165, 1.54) is 0 Å². The molecule has 0 radical (unpaired) electrons. The van der Waals surface area contributed by atoms with Gasteiger partial charge in [-0.15, -0.1) is 0 Å². The molecule has 0 aromatic heterocycles. The van der Waals surface area contributed by atoms with E-state index in [0.717, 1.165) is 25.2 Å². The topological polar surface area (TPSA) is 72.4 Å². The highest BCUT2D eigenvalue weighted by Gasteiger charge is 2.24. The molecule has 0 saturated carbocycles. The minimum Gasteiger partial charge on any atom is -0.370 e. The minimum atomic E-state index is -0.328. The summed E-state index contributed by atoms with van der Waals surface area (Å²) in [6, 6.07) is 5.53. The molecule has 1 aromatic rings. The lowest BCUT2D eigenvalue weighted by Gasteiger charge is -2.36. The third kappa shape index (κ3) is 2.46. The van der Waals surface area contributed by atoms with Gasteiger partial charge in [0.05, 0.1) is 4.92 Å². The van der Waals surface area contributed by atoms with E-state index in [1.807, 2.05) is 6.07 Å². The number of nitrogens with two attached hydrogens (primary N) is 1. The van der Waals surface area contributed by atoms with E-state index < -0.39 is 0 Å². The summed E-state index contributed by atoms with van der Waals surface area (Å²) < 4.78 is 0. The van der Waals surface area contributed by atoms with Gasteiger partial charge in [0.2, 0.25) is 0 Å². The van der Waals surface area contributed by atoms with Crippen LogP contribution in [0.5, 0.6) is 0 Å². The van der Waals surface area contributed by atoms with Crippen LogP contribution in [-0.4, -0.2) is 24.1 Å². The van der Waals surface area contributed by atoms with Crippen LogP contribution < -0.4 is 10.6 Å². The van der Waals surface area contributed by atoms with E-state index in [1.54, 1.807) is 19.1 Å². The van der Waals surface area contributed by atoms with Gasteiger partial charge in [0.1, 0.15) is 0 Å². The lowest BCUT2D eigenvalue weighted by molar-refractivity contribution is -0.385. The van der Waals surface area contributed by atoms with Crippen LogP contribution in [0.4, 0.5) is 11.4 Å². The zero-order valence-corrected chi connectivity index (χ0v) is 10.8. The molecule has 0 aliphatic carbocycles. The number of piperidine rings is 1. The highest BCUT2D eigenvalue weighted by Crippen LogP contribution is 2.28. The largest absolute Gasteiger partial charge is 0.370 e. The van der Waals surface area contributed by atoms with Crippen molar-refractivity contribution in [3.8, 4) is 0 Å². The summed E-state index contributed by atoms with van der Waals surface area (Å²) in [5.41, 5.74) is 7.83. The number of nitro benzene ring substituents is 1. The molecule has 1 aromatic carbocycles. The second kappa shape index (κ2) is 4.94. The number of aryl methyl sites for hydroxylation is 1. The molecular weight excluding hydrogens is 230 g/mol. The van der Waals surface area contributed by atoms with Gasteiger partial charge in [-0.3, -0.25) is 10.1 Å². The van der Waals surface area contributed by atoms with Gasteiger partial charge < -0.3 is 10.6 Å². The first kappa shape index (κ1) is 12.8. The summed E-state index contributed by atoms with van der Waals surface area (Å²) >= 11 is 0. The van der Waals surface area contributed by atoms with Gasteiger partial charge in [-0.1, -0.05) is 13.0 Å². The van der Waals surface area contributed by atoms with Crippen molar-refractivity contribution < 1.29 is 4.92 Å². The molecule has 0 bridgehead atoms. The molecular formula is C13H19N3O2. The fraction of sp³-hybridized carbons (Fsp3) is 0.538. The Morgan fingerprint density at radius 3 is 2.83 bits per heavy atom. The highest BCUT2D eigenvalue weighted by atomic mass is 16.6. The molecule has 1 saturated heterocycles. The molecule has 1 aliphatic heterocycles. The Balaban J connectivity index is 2.24. The predicted molar refractivity (Wildman–Crippen MR) is 71.8 cm³/mol. The molecule has 98 valence electrons. The summed E-state index contributed by atoms with van der Waals surface area (Å²) in [7, 11) is 0. The first-order valence-corrected chi connectivity index (χ1v) is 6.24. The van der Waals surface area contributed by atoms with Crippen LogP contribution in [0.2, 0.25) is 0 Å². The van der Waals surface area contributed by atoms with Gasteiger partial charge in [0.25, 0.3) is 5.69 Å². The molecule has 1 fully saturated rings. The molecule has 18 heavy (non-hydrogen) atoms. The summed E-state index contributed by atoms with van der Waals surface area (Å²) in [6.07, 6.45) is 1.03. The Hall–Kier alpha value is -1.62. The zero-order valence-electron chi connectivity index (χ0n) is 10.8. The van der Waals surface area contributed by atoms with Gasteiger partial charge in [-0.25, -0.2) is 0 Å². The first-order valence-electron chi connectivity index (χ1n) is 6.24. The predicted octanol–water partition coefficient (Wildman–Crippen LogP) is 2.08.